The van der Waals surface area contributed by atoms with Gasteiger partial charge in [0.25, 0.3) is 0 Å². The standard InChI is InChI=1S/C19H26N2O2/c1-13-5-6-16(11-14(13)2)17-12-18(17)19(23)21-8-4-7-20(9-10-21)15(3)22/h5-6,11,17-18H,4,7-10,12H2,1-3H3/t17-,18+/m1/s1. The van der Waals surface area contributed by atoms with Gasteiger partial charge in [0.15, 0.2) is 0 Å². The van der Waals surface area contributed by atoms with Crippen LogP contribution in [0.15, 0.2) is 18.2 Å². The van der Waals surface area contributed by atoms with Gasteiger partial charge in [-0.2, -0.15) is 0 Å². The molecule has 0 unspecified atom stereocenters. The Balaban J connectivity index is 1.61. The van der Waals surface area contributed by atoms with E-state index >= 15 is 0 Å². The average Bonchev–Trinajstić information content (AvgIpc) is 3.32. The number of nitrogens with zero attached hydrogens (tertiary/aromatic N) is 2. The lowest BCUT2D eigenvalue weighted by Gasteiger charge is -2.21. The van der Waals surface area contributed by atoms with E-state index < -0.39 is 0 Å². The molecule has 2 atom stereocenters. The van der Waals surface area contributed by atoms with E-state index in [0.717, 1.165) is 25.9 Å². The zero-order valence-corrected chi connectivity index (χ0v) is 14.3. The molecule has 4 heteroatoms. The molecular weight excluding hydrogens is 288 g/mol. The van der Waals surface area contributed by atoms with Crippen molar-refractivity contribution in [2.75, 3.05) is 26.2 Å². The van der Waals surface area contributed by atoms with Crippen LogP contribution in [0.1, 0.15) is 42.4 Å². The second-order valence-electron chi connectivity index (χ2n) is 6.98. The molecular formula is C19H26N2O2. The van der Waals surface area contributed by atoms with Crippen molar-refractivity contribution in [2.24, 2.45) is 5.92 Å². The van der Waals surface area contributed by atoms with Crippen LogP contribution in [0.4, 0.5) is 0 Å². The summed E-state index contributed by atoms with van der Waals surface area (Å²) in [7, 11) is 0. The summed E-state index contributed by atoms with van der Waals surface area (Å²) in [6.45, 7) is 8.74. The van der Waals surface area contributed by atoms with E-state index in [9.17, 15) is 9.59 Å². The highest BCUT2D eigenvalue weighted by Crippen LogP contribution is 2.48. The summed E-state index contributed by atoms with van der Waals surface area (Å²) in [6, 6.07) is 6.55. The average molecular weight is 314 g/mol. The Hall–Kier alpha value is -1.84. The maximum absolute atomic E-state index is 12.7. The van der Waals surface area contributed by atoms with Crippen LogP contribution in [0.25, 0.3) is 0 Å². The third-order valence-corrected chi connectivity index (χ3v) is 5.32. The molecule has 3 rings (SSSR count). The van der Waals surface area contributed by atoms with E-state index in [1.807, 2.05) is 9.80 Å². The minimum absolute atomic E-state index is 0.110. The van der Waals surface area contributed by atoms with E-state index in [4.69, 9.17) is 0 Å². The fourth-order valence-corrected chi connectivity index (χ4v) is 3.52. The predicted molar refractivity (Wildman–Crippen MR) is 90.2 cm³/mol. The Bertz CT molecular complexity index is 626. The molecule has 1 saturated heterocycles. The zero-order chi connectivity index (χ0) is 16.6. The molecule has 0 N–H and O–H groups in total. The van der Waals surface area contributed by atoms with Gasteiger partial charge in [0.2, 0.25) is 11.8 Å². The maximum atomic E-state index is 12.7. The third kappa shape index (κ3) is 3.41. The van der Waals surface area contributed by atoms with Gasteiger partial charge in [-0.05, 0) is 49.3 Å². The Morgan fingerprint density at radius 1 is 1.00 bits per heavy atom. The molecule has 124 valence electrons. The van der Waals surface area contributed by atoms with Crippen molar-refractivity contribution in [1.82, 2.24) is 9.80 Å². The van der Waals surface area contributed by atoms with E-state index in [0.29, 0.717) is 19.0 Å². The van der Waals surface area contributed by atoms with Crippen LogP contribution in [-0.4, -0.2) is 47.8 Å². The van der Waals surface area contributed by atoms with Crippen LogP contribution >= 0.6 is 0 Å². The van der Waals surface area contributed by atoms with Gasteiger partial charge < -0.3 is 9.80 Å². The first-order valence-corrected chi connectivity index (χ1v) is 8.59. The van der Waals surface area contributed by atoms with Gasteiger partial charge in [-0.15, -0.1) is 0 Å². The molecule has 0 bridgehead atoms. The number of carbonyl (C=O) groups is 2. The van der Waals surface area contributed by atoms with Crippen LogP contribution < -0.4 is 0 Å². The second-order valence-corrected chi connectivity index (χ2v) is 6.98. The van der Waals surface area contributed by atoms with Crippen LogP contribution in [0.2, 0.25) is 0 Å². The fraction of sp³-hybridized carbons (Fsp3) is 0.579. The SMILES string of the molecule is CC(=O)N1CCCN(C(=O)[C@H]2C[C@@H]2c2ccc(C)c(C)c2)CC1. The summed E-state index contributed by atoms with van der Waals surface area (Å²) in [5.41, 5.74) is 3.90. The molecule has 2 fully saturated rings. The second kappa shape index (κ2) is 6.34. The summed E-state index contributed by atoms with van der Waals surface area (Å²) in [4.78, 5) is 28.1. The number of amides is 2. The fourth-order valence-electron chi connectivity index (χ4n) is 3.52. The van der Waals surface area contributed by atoms with Crippen LogP contribution in [0.5, 0.6) is 0 Å². The first kappa shape index (κ1) is 16.0. The predicted octanol–water partition coefficient (Wildman–Crippen LogP) is 2.49. The van der Waals surface area contributed by atoms with Crippen molar-refractivity contribution in [1.29, 1.82) is 0 Å². The maximum Gasteiger partial charge on any atom is 0.226 e. The first-order chi connectivity index (χ1) is 11.0. The molecule has 2 aliphatic rings. The van der Waals surface area contributed by atoms with Crippen molar-refractivity contribution >= 4 is 11.8 Å². The third-order valence-electron chi connectivity index (χ3n) is 5.32. The summed E-state index contributed by atoms with van der Waals surface area (Å²) >= 11 is 0. The lowest BCUT2D eigenvalue weighted by atomic mass is 10.0. The van der Waals surface area contributed by atoms with Gasteiger partial charge in [-0.1, -0.05) is 18.2 Å². The van der Waals surface area contributed by atoms with Gasteiger partial charge in [0.1, 0.15) is 0 Å². The number of hydrogen-bond donors (Lipinski definition) is 0. The molecule has 4 nitrogen and oxygen atoms in total. The molecule has 0 spiro atoms. The van der Waals surface area contributed by atoms with Crippen LogP contribution in [0.3, 0.4) is 0 Å². The highest BCUT2D eigenvalue weighted by atomic mass is 16.2. The highest BCUT2D eigenvalue weighted by molar-refractivity contribution is 5.83. The Morgan fingerprint density at radius 3 is 2.39 bits per heavy atom. The molecule has 1 aliphatic heterocycles. The topological polar surface area (TPSA) is 40.6 Å². The molecule has 0 radical (unpaired) electrons. The summed E-state index contributed by atoms with van der Waals surface area (Å²) < 4.78 is 0. The minimum Gasteiger partial charge on any atom is -0.341 e. The summed E-state index contributed by atoms with van der Waals surface area (Å²) in [6.07, 6.45) is 1.85. The monoisotopic (exact) mass is 314 g/mol. The largest absolute Gasteiger partial charge is 0.341 e. The van der Waals surface area contributed by atoms with E-state index in [2.05, 4.69) is 32.0 Å². The lowest BCUT2D eigenvalue weighted by molar-refractivity contribution is -0.133. The number of rotatable bonds is 2. The molecule has 1 aliphatic carbocycles. The zero-order valence-electron chi connectivity index (χ0n) is 14.3. The number of hydrogen-bond acceptors (Lipinski definition) is 2. The molecule has 0 aromatic heterocycles. The van der Waals surface area contributed by atoms with Crippen molar-refractivity contribution in [3.63, 3.8) is 0 Å². The first-order valence-electron chi connectivity index (χ1n) is 8.59. The van der Waals surface area contributed by atoms with E-state index in [-0.39, 0.29) is 17.7 Å². The molecule has 2 amide bonds. The molecule has 1 aromatic rings. The van der Waals surface area contributed by atoms with Gasteiger partial charge in [0, 0.05) is 39.0 Å². The molecule has 1 heterocycles. The van der Waals surface area contributed by atoms with Crippen LogP contribution in [-0.2, 0) is 9.59 Å². The summed E-state index contributed by atoms with van der Waals surface area (Å²) in [5.74, 6) is 0.910. The number of aryl methyl sites for hydroxylation is 2. The number of carbonyl (C=O) groups excluding carboxylic acids is 2. The normalized spacial score (nSPS) is 24.3. The number of benzene rings is 1. The Labute approximate surface area is 138 Å². The summed E-state index contributed by atoms with van der Waals surface area (Å²) in [5, 5.41) is 0. The van der Waals surface area contributed by atoms with E-state index in [1.54, 1.807) is 6.92 Å². The van der Waals surface area contributed by atoms with Crippen molar-refractivity contribution < 1.29 is 9.59 Å². The van der Waals surface area contributed by atoms with Gasteiger partial charge in [-0.25, -0.2) is 0 Å². The van der Waals surface area contributed by atoms with Gasteiger partial charge in [0.05, 0.1) is 0 Å². The smallest absolute Gasteiger partial charge is 0.226 e. The lowest BCUT2D eigenvalue weighted by Crippen LogP contribution is -2.37. The van der Waals surface area contributed by atoms with Crippen LogP contribution in [0, 0.1) is 19.8 Å². The Kier molecular flexibility index (Phi) is 4.42. The van der Waals surface area contributed by atoms with Gasteiger partial charge in [-0.3, -0.25) is 9.59 Å². The Morgan fingerprint density at radius 2 is 1.70 bits per heavy atom. The van der Waals surface area contributed by atoms with Crippen molar-refractivity contribution in [2.45, 2.75) is 39.5 Å². The molecule has 1 aromatic carbocycles. The van der Waals surface area contributed by atoms with E-state index in [1.165, 1.54) is 16.7 Å². The van der Waals surface area contributed by atoms with Crippen molar-refractivity contribution in [3.8, 4) is 0 Å². The minimum atomic E-state index is 0.110. The highest BCUT2D eigenvalue weighted by Gasteiger charge is 2.45. The quantitative estimate of drug-likeness (QED) is 0.841. The molecule has 1 saturated carbocycles. The van der Waals surface area contributed by atoms with Gasteiger partial charge >= 0.3 is 0 Å². The molecule has 23 heavy (non-hydrogen) atoms. The van der Waals surface area contributed by atoms with Crippen molar-refractivity contribution in [3.05, 3.63) is 34.9 Å².